The summed E-state index contributed by atoms with van der Waals surface area (Å²) >= 11 is 5.98. The van der Waals surface area contributed by atoms with Crippen molar-refractivity contribution in [2.75, 3.05) is 0 Å². The molecule has 0 N–H and O–H groups in total. The van der Waals surface area contributed by atoms with E-state index in [0.717, 1.165) is 36.4 Å². The van der Waals surface area contributed by atoms with Gasteiger partial charge in [0.15, 0.2) is 0 Å². The second-order valence-electron chi connectivity index (χ2n) is 4.42. The molecule has 0 saturated carbocycles. The van der Waals surface area contributed by atoms with Crippen molar-refractivity contribution in [3.63, 3.8) is 0 Å². The highest BCUT2D eigenvalue weighted by atomic mass is 35.5. The van der Waals surface area contributed by atoms with Crippen LogP contribution in [0.2, 0.25) is 0 Å². The Bertz CT molecular complexity index is 657. The van der Waals surface area contributed by atoms with Gasteiger partial charge in [0.05, 0.1) is 16.9 Å². The van der Waals surface area contributed by atoms with Crippen LogP contribution in [0, 0.1) is 0 Å². The molecule has 0 saturated heterocycles. The second kappa shape index (κ2) is 5.45. The fourth-order valence-electron chi connectivity index (χ4n) is 2.30. The zero-order chi connectivity index (χ0) is 13.1. The van der Waals surface area contributed by atoms with Gasteiger partial charge < -0.3 is 4.57 Å². The van der Waals surface area contributed by atoms with Crippen molar-refractivity contribution in [3.05, 3.63) is 48.5 Å². The Morgan fingerprint density at radius 1 is 1.11 bits per heavy atom. The van der Waals surface area contributed by atoms with Crippen molar-refractivity contribution in [1.29, 1.82) is 0 Å². The number of aromatic nitrogens is 4. The molecule has 5 heteroatoms. The lowest BCUT2D eigenvalue weighted by Gasteiger charge is -2.07. The number of nitrogens with zero attached hydrogens (tertiary/aromatic N) is 4. The van der Waals surface area contributed by atoms with Crippen molar-refractivity contribution in [2.45, 2.75) is 25.4 Å². The van der Waals surface area contributed by atoms with Gasteiger partial charge in [-0.2, -0.15) is 5.10 Å². The highest BCUT2D eigenvalue weighted by Crippen LogP contribution is 2.17. The molecule has 0 aliphatic rings. The van der Waals surface area contributed by atoms with Crippen molar-refractivity contribution in [2.24, 2.45) is 0 Å². The van der Waals surface area contributed by atoms with Crippen molar-refractivity contribution < 1.29 is 0 Å². The number of halogens is 1. The number of aryl methyl sites for hydroxylation is 2. The van der Waals surface area contributed by atoms with Gasteiger partial charge in [-0.05, 0) is 24.6 Å². The fraction of sp³-hybridized carbons (Fsp3) is 0.286. The summed E-state index contributed by atoms with van der Waals surface area (Å²) in [4.78, 5) is 4.56. The molecule has 3 aromatic rings. The minimum Gasteiger partial charge on any atom is -0.327 e. The van der Waals surface area contributed by atoms with E-state index < -0.39 is 0 Å². The zero-order valence-electron chi connectivity index (χ0n) is 10.5. The van der Waals surface area contributed by atoms with Crippen LogP contribution in [-0.4, -0.2) is 19.3 Å². The summed E-state index contributed by atoms with van der Waals surface area (Å²) in [5.41, 5.74) is 2.16. The van der Waals surface area contributed by atoms with Crippen LogP contribution in [0.4, 0.5) is 0 Å². The predicted molar refractivity (Wildman–Crippen MR) is 76.1 cm³/mol. The molecule has 0 bridgehead atoms. The van der Waals surface area contributed by atoms with E-state index in [-0.39, 0.29) is 0 Å². The molecule has 2 aromatic heterocycles. The van der Waals surface area contributed by atoms with Crippen LogP contribution in [0.1, 0.15) is 12.2 Å². The summed E-state index contributed by atoms with van der Waals surface area (Å²) in [5.74, 6) is 1.37. The van der Waals surface area contributed by atoms with Gasteiger partial charge >= 0.3 is 0 Å². The third-order valence-corrected chi connectivity index (χ3v) is 3.42. The number of hydrogen-bond donors (Lipinski definition) is 0. The smallest absolute Gasteiger partial charge is 0.124 e. The molecular weight excluding hydrogens is 260 g/mol. The largest absolute Gasteiger partial charge is 0.327 e. The number of benzene rings is 1. The molecule has 0 amide bonds. The van der Waals surface area contributed by atoms with E-state index in [1.807, 2.05) is 35.1 Å². The first-order chi connectivity index (χ1) is 9.38. The van der Waals surface area contributed by atoms with Crippen LogP contribution in [0.15, 0.2) is 42.7 Å². The van der Waals surface area contributed by atoms with Gasteiger partial charge in [-0.15, -0.1) is 11.6 Å². The highest BCUT2D eigenvalue weighted by molar-refractivity contribution is 6.16. The van der Waals surface area contributed by atoms with E-state index in [0.29, 0.717) is 5.88 Å². The van der Waals surface area contributed by atoms with E-state index >= 15 is 0 Å². The normalized spacial score (nSPS) is 11.2. The molecule has 0 unspecified atom stereocenters. The van der Waals surface area contributed by atoms with Gasteiger partial charge in [0.2, 0.25) is 0 Å². The molecule has 0 aliphatic carbocycles. The lowest BCUT2D eigenvalue weighted by Crippen LogP contribution is -2.06. The molecule has 0 fully saturated rings. The lowest BCUT2D eigenvalue weighted by molar-refractivity contribution is 0.526. The summed E-state index contributed by atoms with van der Waals surface area (Å²) < 4.78 is 4.14. The van der Waals surface area contributed by atoms with Gasteiger partial charge in [-0.25, -0.2) is 4.98 Å². The molecule has 3 rings (SSSR count). The van der Waals surface area contributed by atoms with Gasteiger partial charge in [0.25, 0.3) is 0 Å². The highest BCUT2D eigenvalue weighted by Gasteiger charge is 2.08. The van der Waals surface area contributed by atoms with Crippen LogP contribution in [0.3, 0.4) is 0 Å². The van der Waals surface area contributed by atoms with Crippen LogP contribution >= 0.6 is 11.6 Å². The van der Waals surface area contributed by atoms with E-state index in [1.54, 1.807) is 6.20 Å². The van der Waals surface area contributed by atoms with Gasteiger partial charge in [-0.1, -0.05) is 12.1 Å². The number of imidazole rings is 1. The maximum absolute atomic E-state index is 5.98. The summed E-state index contributed by atoms with van der Waals surface area (Å²) in [6, 6.07) is 10.1. The molecule has 19 heavy (non-hydrogen) atoms. The minimum atomic E-state index is 0.441. The van der Waals surface area contributed by atoms with Gasteiger partial charge in [0.1, 0.15) is 5.82 Å². The van der Waals surface area contributed by atoms with Crippen molar-refractivity contribution in [1.82, 2.24) is 19.3 Å². The number of rotatable bonds is 5. The van der Waals surface area contributed by atoms with E-state index in [4.69, 9.17) is 11.6 Å². The Morgan fingerprint density at radius 2 is 2.00 bits per heavy atom. The monoisotopic (exact) mass is 274 g/mol. The molecule has 0 spiro atoms. The first-order valence-corrected chi connectivity index (χ1v) is 6.89. The molecule has 0 aliphatic heterocycles. The van der Waals surface area contributed by atoms with Crippen LogP contribution in [0.5, 0.6) is 0 Å². The van der Waals surface area contributed by atoms with Gasteiger partial charge in [-0.3, -0.25) is 4.68 Å². The predicted octanol–water partition coefficient (Wildman–Crippen LogP) is 3.06. The molecule has 98 valence electrons. The maximum Gasteiger partial charge on any atom is 0.124 e. The SMILES string of the molecule is ClCc1nc2ccccc2n1CCCn1cccn1. The molecular formula is C14H15ClN4. The number of para-hydroxylation sites is 2. The Balaban J connectivity index is 1.79. The first kappa shape index (κ1) is 12.2. The Kier molecular flexibility index (Phi) is 3.51. The Hall–Kier alpha value is -1.81. The second-order valence-corrected chi connectivity index (χ2v) is 4.69. The summed E-state index contributed by atoms with van der Waals surface area (Å²) in [6.07, 6.45) is 4.79. The Labute approximate surface area is 116 Å². The van der Waals surface area contributed by atoms with Crippen molar-refractivity contribution in [3.8, 4) is 0 Å². The summed E-state index contributed by atoms with van der Waals surface area (Å²) in [6.45, 7) is 1.81. The molecule has 0 atom stereocenters. The van der Waals surface area contributed by atoms with E-state index in [2.05, 4.69) is 20.7 Å². The fourth-order valence-corrected chi connectivity index (χ4v) is 2.50. The number of alkyl halides is 1. The molecule has 0 radical (unpaired) electrons. The van der Waals surface area contributed by atoms with Crippen LogP contribution < -0.4 is 0 Å². The molecule has 2 heterocycles. The zero-order valence-corrected chi connectivity index (χ0v) is 11.3. The lowest BCUT2D eigenvalue weighted by atomic mass is 10.3. The summed E-state index contributed by atoms with van der Waals surface area (Å²) in [5, 5.41) is 4.21. The van der Waals surface area contributed by atoms with E-state index in [1.165, 1.54) is 0 Å². The van der Waals surface area contributed by atoms with E-state index in [9.17, 15) is 0 Å². The average Bonchev–Trinajstić information content (AvgIpc) is 3.06. The molecule has 4 nitrogen and oxygen atoms in total. The molecule has 1 aromatic carbocycles. The minimum absolute atomic E-state index is 0.441. The third kappa shape index (κ3) is 2.49. The number of hydrogen-bond acceptors (Lipinski definition) is 2. The maximum atomic E-state index is 5.98. The average molecular weight is 275 g/mol. The quantitative estimate of drug-likeness (QED) is 0.671. The number of fused-ring (bicyclic) bond motifs is 1. The van der Waals surface area contributed by atoms with Crippen LogP contribution in [-0.2, 0) is 19.0 Å². The third-order valence-electron chi connectivity index (χ3n) is 3.18. The standard InChI is InChI=1S/C14H15ClN4/c15-11-14-17-12-5-1-2-6-13(12)19(14)10-4-9-18-8-3-7-16-18/h1-3,5-8H,4,9-11H2. The van der Waals surface area contributed by atoms with Crippen molar-refractivity contribution >= 4 is 22.6 Å². The van der Waals surface area contributed by atoms with Crippen LogP contribution in [0.25, 0.3) is 11.0 Å². The first-order valence-electron chi connectivity index (χ1n) is 6.36. The topological polar surface area (TPSA) is 35.6 Å². The van der Waals surface area contributed by atoms with Gasteiger partial charge in [0, 0.05) is 25.5 Å². The Morgan fingerprint density at radius 3 is 2.79 bits per heavy atom. The summed E-state index contributed by atoms with van der Waals surface area (Å²) in [7, 11) is 0.